The van der Waals surface area contributed by atoms with E-state index >= 15 is 0 Å². The van der Waals surface area contributed by atoms with Gasteiger partial charge < -0.3 is 63.1 Å². The molecule has 0 spiro atoms. The van der Waals surface area contributed by atoms with E-state index < -0.39 is 44.6 Å². The maximum atomic E-state index is 14.7. The molecule has 0 radical (unpaired) electrons. The quantitative estimate of drug-likeness (QED) is 0.0391. The number of carboxylic acids is 1. The second-order valence-corrected chi connectivity index (χ2v) is 57.3. The largest absolute Gasteiger partial charge is 0.477 e. The maximum absolute atomic E-state index is 14.7. The first-order valence-electron chi connectivity index (χ1n) is 45.9. The summed E-state index contributed by atoms with van der Waals surface area (Å²) in [5, 5.41) is 30.1. The van der Waals surface area contributed by atoms with Gasteiger partial charge in [0.05, 0.1) is 80.6 Å². The van der Waals surface area contributed by atoms with E-state index in [1.165, 1.54) is 35.3 Å². The van der Waals surface area contributed by atoms with Gasteiger partial charge in [0.2, 0.25) is 0 Å². The van der Waals surface area contributed by atoms with Crippen LogP contribution >= 0.6 is 105 Å². The number of aliphatic carboxylic acids is 1. The van der Waals surface area contributed by atoms with Crippen molar-refractivity contribution in [2.45, 2.75) is 235 Å². The molecule has 6 atom stereocenters. The molecule has 3 saturated heterocycles. The smallest absolute Gasteiger partial charge is 0.344 e. The number of aliphatic hydroxyl groups excluding tert-OH is 1. The highest BCUT2D eigenvalue weighted by Gasteiger charge is 2.59. The number of fused-ring (bicyclic) bond motifs is 3. The van der Waals surface area contributed by atoms with Gasteiger partial charge in [0.1, 0.15) is 31.3 Å². The third kappa shape index (κ3) is 22.1. The normalized spacial score (nSPS) is 22.9. The van der Waals surface area contributed by atoms with Crippen LogP contribution in [0.1, 0.15) is 197 Å². The minimum Gasteiger partial charge on any atom is -0.477 e. The van der Waals surface area contributed by atoms with Crippen LogP contribution in [0.4, 0.5) is 0 Å². The number of allylic oxidation sites excluding steroid dienone is 3. The highest BCUT2D eigenvalue weighted by molar-refractivity contribution is 8.18. The molecule has 3 N–H and O–H groups in total. The van der Waals surface area contributed by atoms with E-state index in [2.05, 4.69) is 188 Å². The summed E-state index contributed by atoms with van der Waals surface area (Å²) in [6.45, 7) is 61.7. The number of rotatable bonds is 28. The molecule has 0 aliphatic carbocycles. The minimum absolute atomic E-state index is 0.00290. The molecule has 716 valence electrons. The van der Waals surface area contributed by atoms with Crippen LogP contribution in [-0.4, -0.2) is 182 Å². The van der Waals surface area contributed by atoms with Gasteiger partial charge in [-0.05, 0) is 244 Å². The first kappa shape index (κ1) is 105. The topological polar surface area (TPSA) is 203 Å². The number of hydrogen-bond acceptors (Lipinski definition) is 19. The Morgan fingerprint density at radius 3 is 0.932 bits per heavy atom. The Bertz CT molecular complexity index is 5340. The summed E-state index contributed by atoms with van der Waals surface area (Å²) in [4.78, 5) is 69.0. The number of ether oxygens (including phenoxy) is 3. The first-order valence-corrected chi connectivity index (χ1v) is 56.4. The maximum Gasteiger partial charge on any atom is 0.344 e. The van der Waals surface area contributed by atoms with Crippen molar-refractivity contribution in [3.63, 3.8) is 0 Å². The van der Waals surface area contributed by atoms with Crippen LogP contribution in [0.25, 0.3) is 0 Å². The zero-order chi connectivity index (χ0) is 96.9. The summed E-state index contributed by atoms with van der Waals surface area (Å²) in [6, 6.07) is 47.0. The number of halogens is 6. The second kappa shape index (κ2) is 41.4. The van der Waals surface area contributed by atoms with Gasteiger partial charge in [0.15, 0.2) is 32.1 Å². The molecule has 3 fully saturated rings. The number of amides is 2. The van der Waals surface area contributed by atoms with E-state index in [1.807, 2.05) is 159 Å². The molecule has 15 rings (SSSR count). The van der Waals surface area contributed by atoms with Gasteiger partial charge in [-0.1, -0.05) is 239 Å². The van der Waals surface area contributed by atoms with E-state index in [0.29, 0.717) is 97.3 Å². The number of benzene rings is 6. The highest BCUT2D eigenvalue weighted by atomic mass is 35.5. The number of nitrogens with zero attached hydrogens (tertiary/aromatic N) is 8. The van der Waals surface area contributed by atoms with E-state index in [9.17, 15) is 24.6 Å². The van der Waals surface area contributed by atoms with Gasteiger partial charge in [-0.15, -0.1) is 0 Å². The van der Waals surface area contributed by atoms with E-state index in [0.717, 1.165) is 92.1 Å². The Hall–Kier alpha value is -5.70. The van der Waals surface area contributed by atoms with E-state index in [4.69, 9.17) is 108 Å². The molecule has 0 aromatic heterocycles. The summed E-state index contributed by atoms with van der Waals surface area (Å²) in [5.74, 6) is -0.721. The van der Waals surface area contributed by atoms with Crippen LogP contribution in [0.2, 0.25) is 66.4 Å². The Balaban J connectivity index is 0.000000166. The van der Waals surface area contributed by atoms with Gasteiger partial charge >= 0.3 is 5.97 Å². The molecule has 9 heterocycles. The zero-order valence-electron chi connectivity index (χ0n) is 81.3. The second-order valence-electron chi connectivity index (χ2n) is 42.2. The lowest BCUT2D eigenvalue weighted by Gasteiger charge is -2.48. The molecule has 132 heavy (non-hydrogen) atoms. The molecule has 6 aromatic carbocycles. The summed E-state index contributed by atoms with van der Waals surface area (Å²) in [6.07, 6.45) is 0. The molecule has 30 heteroatoms. The van der Waals surface area contributed by atoms with Crippen LogP contribution in [-0.2, 0) is 54.1 Å². The van der Waals surface area contributed by atoms with E-state index in [-0.39, 0.29) is 87.3 Å². The van der Waals surface area contributed by atoms with Gasteiger partial charge in [-0.3, -0.25) is 9.59 Å². The molecule has 0 bridgehead atoms. The Labute approximate surface area is 829 Å². The van der Waals surface area contributed by atoms with Crippen molar-refractivity contribution in [2.75, 3.05) is 79.1 Å². The van der Waals surface area contributed by atoms with Crippen LogP contribution in [0, 0.1) is 34.0 Å². The third-order valence-corrected chi connectivity index (χ3v) is 41.3. The van der Waals surface area contributed by atoms with Gasteiger partial charge in [-0.25, -0.2) is 19.8 Å². The van der Waals surface area contributed by atoms with Gasteiger partial charge in [-0.2, -0.15) is 0 Å². The number of hydrogen-bond donors (Lipinski definition) is 3. The van der Waals surface area contributed by atoms with Crippen molar-refractivity contribution in [1.82, 2.24) is 29.8 Å². The first-order chi connectivity index (χ1) is 61.7. The fourth-order valence-corrected chi connectivity index (χ4v) is 24.5. The number of thioether (sulfide) groups is 3. The molecular formula is C102H135Cl6N9O10S3Si2. The summed E-state index contributed by atoms with van der Waals surface area (Å²) >= 11 is 41.6. The summed E-state index contributed by atoms with van der Waals surface area (Å²) < 4.78 is 29.7. The lowest BCUT2D eigenvalue weighted by Crippen LogP contribution is -2.58. The molecule has 0 unspecified atom stereocenters. The molecule has 2 amide bonds. The van der Waals surface area contributed by atoms with Crippen molar-refractivity contribution in [3.05, 3.63) is 241 Å². The fourth-order valence-electron chi connectivity index (χ4n) is 17.5. The van der Waals surface area contributed by atoms with Crippen LogP contribution < -0.4 is 5.32 Å². The zero-order valence-corrected chi connectivity index (χ0v) is 90.3. The monoisotopic (exact) mass is 2010 g/mol. The van der Waals surface area contributed by atoms with Crippen molar-refractivity contribution in [1.29, 1.82) is 0 Å². The molecule has 0 saturated carbocycles. The average molecular weight is 2010 g/mol. The molecular weight excluding hydrogens is 1880 g/mol. The standard InChI is InChI=1S/C36H49Cl2N3O3SSi.C30H35Cl2N3O3S.C22H20Cl2N2O2S.C14H31NO2Si/c1-23(2)29-30(32(42)40(24(3)4)19-36(20-43-21-36)22-44-46(9,10)34(5,6)7)45-33-39-35(8,26-13-17-28(38)18-14-26)31(41(29)33)25-11-15-27(37)16-12-25;1-18(2)24-25(27(37)34(19(3)4)14-30(15-36)16-38-17-30)39-28-33-29(5,21-8-12-23(32)13-9-21)26(35(24)28)20-6-10-22(31)11-7-20;1-12(2)17-18(20(27)28)29-21-25-22(3,14-6-10-16(24)11-7-14)19(26(17)21)13-4-8-15(23)9-5-13;1-12(2)15-8-14(9-16-10-14)11-17-18(6,7)13(3,4)5/h11-18,23-24,31H,19-22H2,1-10H3;6-13,18-19,26,36H,14-17H2,1-5H3;4-12,19H,1-3H3,(H,27,28);12,15H,8-11H2,1-7H3/t31-,35+;26-,29+;19-,22+;/m111./s1. The highest BCUT2D eigenvalue weighted by Crippen LogP contribution is 2.61. The number of amidine groups is 3. The predicted octanol–water partition coefficient (Wildman–Crippen LogP) is 25.3. The number of carbonyl (C=O) groups is 3. The van der Waals surface area contributed by atoms with Crippen molar-refractivity contribution in [2.24, 2.45) is 49.0 Å². The Morgan fingerprint density at radius 1 is 0.439 bits per heavy atom. The number of aliphatic hydroxyl groups is 1. The lowest BCUT2D eigenvalue weighted by atomic mass is 9.81. The van der Waals surface area contributed by atoms with Gasteiger partial charge in [0.25, 0.3) is 11.8 Å². The Kier molecular flexibility index (Phi) is 33.0. The Morgan fingerprint density at radius 2 is 0.697 bits per heavy atom. The molecule has 9 aliphatic rings. The summed E-state index contributed by atoms with van der Waals surface area (Å²) in [5.41, 5.74) is 6.82. The van der Waals surface area contributed by atoms with Gasteiger partial charge in [0, 0.05) is 98.2 Å². The molecule has 6 aromatic rings. The van der Waals surface area contributed by atoms with Crippen molar-refractivity contribution in [3.8, 4) is 0 Å². The average Bonchev–Trinajstić information content (AvgIpc) is 1.56. The van der Waals surface area contributed by atoms with Crippen LogP contribution in [0.15, 0.2) is 192 Å². The SMILES string of the molecule is CC(C)C1=C(C(=O)N(CC2(CO)COC2)C(C)C)SC2=N[C@@](C)(c3ccc(Cl)cc3)[C@@H](c3ccc(Cl)cc3)N21.CC(C)C1=C(C(=O)N(CC2(CO[Si](C)(C)C(C)(C)C)COC2)C(C)C)SC2=N[C@@](C)(c3ccc(Cl)cc3)[C@@H](c3ccc(Cl)cc3)N21.CC(C)C1=C(C(=O)O)SC2=N[C@@](C)(c3ccc(Cl)cc3)[C@@H](c3ccc(Cl)cc3)N21.CC(C)NCC1(CO[Si](C)(C)C(C)(C)C)COC1. The number of carbonyl (C=O) groups excluding carboxylic acids is 2. The number of carboxylic acid groups (broad SMARTS) is 1. The fraction of sp³-hybridized carbons (Fsp3) is 0.529. The van der Waals surface area contributed by atoms with Crippen molar-refractivity contribution >= 4 is 155 Å². The lowest BCUT2D eigenvalue weighted by molar-refractivity contribution is -0.159. The van der Waals surface area contributed by atoms with Crippen LogP contribution in [0.3, 0.4) is 0 Å². The minimum atomic E-state index is -1.97. The number of nitrogens with one attached hydrogen (secondary N) is 1. The molecule has 9 aliphatic heterocycles. The van der Waals surface area contributed by atoms with E-state index in [1.54, 1.807) is 0 Å². The van der Waals surface area contributed by atoms with Crippen LogP contribution in [0.5, 0.6) is 0 Å². The van der Waals surface area contributed by atoms with Crippen molar-refractivity contribution < 1.29 is 47.7 Å². The third-order valence-electron chi connectivity index (χ3n) is 27.6. The molecule has 19 nitrogen and oxygen atoms in total. The number of aliphatic imine (C=N–C) groups is 3. The predicted molar refractivity (Wildman–Crippen MR) is 553 cm³/mol. The summed E-state index contributed by atoms with van der Waals surface area (Å²) in [7, 11) is -3.61.